The Balaban J connectivity index is 1.62. The molecule has 162 valence electrons. The average Bonchev–Trinajstić information content (AvgIpc) is 3.30. The molecule has 0 saturated carbocycles. The van der Waals surface area contributed by atoms with Crippen molar-refractivity contribution in [3.05, 3.63) is 52.9 Å². The summed E-state index contributed by atoms with van der Waals surface area (Å²) in [4.78, 5) is 15.9. The van der Waals surface area contributed by atoms with Crippen LogP contribution in [-0.4, -0.2) is 62.9 Å². The number of carbonyl (C=O) groups excluding carboxylic acids is 1. The zero-order chi connectivity index (χ0) is 21.1. The fraction of sp³-hybridized carbons (Fsp3) is 0.476. The third-order valence-corrected chi connectivity index (χ3v) is 9.20. The molecule has 2 aliphatic heterocycles. The molecule has 3 heterocycles. The van der Waals surface area contributed by atoms with Gasteiger partial charge >= 0.3 is 0 Å². The Kier molecular flexibility index (Phi) is 6.54. The van der Waals surface area contributed by atoms with Gasteiger partial charge in [0, 0.05) is 37.6 Å². The Hall–Kier alpha value is -1.78. The van der Waals surface area contributed by atoms with Gasteiger partial charge in [0.2, 0.25) is 5.91 Å². The van der Waals surface area contributed by atoms with E-state index < -0.39 is 10.0 Å². The highest BCUT2D eigenvalue weighted by molar-refractivity contribution is 7.91. The molecule has 4 rings (SSSR count). The molecule has 2 N–H and O–H groups in total. The van der Waals surface area contributed by atoms with E-state index in [9.17, 15) is 13.2 Å². The summed E-state index contributed by atoms with van der Waals surface area (Å²) in [5.74, 6) is -0.377. The van der Waals surface area contributed by atoms with Gasteiger partial charge in [-0.25, -0.2) is 8.42 Å². The maximum Gasteiger partial charge on any atom is 0.252 e. The molecule has 1 amide bonds. The normalized spacial score (nSPS) is 23.4. The number of sulfonamides is 1. The third-order valence-electron chi connectivity index (χ3n) is 5.79. The Labute approximate surface area is 181 Å². The van der Waals surface area contributed by atoms with Crippen molar-refractivity contribution in [1.82, 2.24) is 9.21 Å². The monoisotopic (exact) mass is 449 g/mol. The minimum absolute atomic E-state index is 0.0213. The molecule has 0 radical (unpaired) electrons. The molecule has 2 atom stereocenters. The summed E-state index contributed by atoms with van der Waals surface area (Å²) in [7, 11) is -3.69. The molecule has 2 saturated heterocycles. The Morgan fingerprint density at radius 2 is 1.83 bits per heavy atom. The van der Waals surface area contributed by atoms with E-state index in [4.69, 9.17) is 10.5 Å². The van der Waals surface area contributed by atoms with Gasteiger partial charge in [-0.3, -0.25) is 4.79 Å². The summed E-state index contributed by atoms with van der Waals surface area (Å²) >= 11 is 1.20. The van der Waals surface area contributed by atoms with Crippen molar-refractivity contribution in [2.24, 2.45) is 11.7 Å². The molecule has 2 aromatic rings. The summed E-state index contributed by atoms with van der Waals surface area (Å²) in [6.45, 7) is 3.06. The third kappa shape index (κ3) is 4.45. The molecule has 9 heteroatoms. The number of nitrogens with zero attached hydrogens (tertiary/aromatic N) is 2. The molecule has 0 bridgehead atoms. The van der Waals surface area contributed by atoms with E-state index in [0.29, 0.717) is 45.8 Å². The van der Waals surface area contributed by atoms with Crippen LogP contribution in [0.4, 0.5) is 0 Å². The van der Waals surface area contributed by atoms with Crippen molar-refractivity contribution in [2.75, 3.05) is 39.4 Å². The van der Waals surface area contributed by atoms with Crippen LogP contribution in [-0.2, 0) is 26.1 Å². The lowest BCUT2D eigenvalue weighted by Gasteiger charge is -2.39. The Morgan fingerprint density at radius 3 is 2.50 bits per heavy atom. The van der Waals surface area contributed by atoms with E-state index in [2.05, 4.69) is 0 Å². The first-order valence-electron chi connectivity index (χ1n) is 10.2. The molecule has 2 fully saturated rings. The quantitative estimate of drug-likeness (QED) is 0.752. The smallest absolute Gasteiger partial charge is 0.252 e. The summed E-state index contributed by atoms with van der Waals surface area (Å²) in [5, 5.41) is 0. The van der Waals surface area contributed by atoms with Gasteiger partial charge in [-0.2, -0.15) is 4.31 Å². The first-order valence-corrected chi connectivity index (χ1v) is 12.4. The summed E-state index contributed by atoms with van der Waals surface area (Å²) < 4.78 is 33.9. The van der Waals surface area contributed by atoms with Crippen LogP contribution < -0.4 is 5.73 Å². The number of hydrogen-bond donors (Lipinski definition) is 1. The lowest BCUT2D eigenvalue weighted by atomic mass is 9.85. The van der Waals surface area contributed by atoms with Crippen LogP contribution in [0.1, 0.15) is 22.8 Å². The van der Waals surface area contributed by atoms with Crippen LogP contribution in [0.25, 0.3) is 0 Å². The van der Waals surface area contributed by atoms with Crippen LogP contribution in [0.3, 0.4) is 0 Å². The van der Waals surface area contributed by atoms with Gasteiger partial charge < -0.3 is 15.4 Å². The van der Waals surface area contributed by atoms with Gasteiger partial charge in [-0.05, 0) is 30.0 Å². The van der Waals surface area contributed by atoms with E-state index in [1.165, 1.54) is 15.6 Å². The number of amides is 1. The van der Waals surface area contributed by atoms with Gasteiger partial charge in [0.15, 0.2) is 0 Å². The summed E-state index contributed by atoms with van der Waals surface area (Å²) in [5.41, 5.74) is 6.73. The fourth-order valence-corrected chi connectivity index (χ4v) is 7.10. The van der Waals surface area contributed by atoms with Crippen molar-refractivity contribution in [1.29, 1.82) is 0 Å². The number of nitrogens with two attached hydrogens (primary N) is 1. The van der Waals surface area contributed by atoms with Crippen LogP contribution in [0.5, 0.6) is 0 Å². The zero-order valence-corrected chi connectivity index (χ0v) is 18.4. The van der Waals surface area contributed by atoms with Crippen LogP contribution >= 0.6 is 11.3 Å². The van der Waals surface area contributed by atoms with E-state index in [-0.39, 0.29) is 28.5 Å². The number of carbonyl (C=O) groups is 1. The number of ether oxygens (including phenoxy) is 1. The van der Waals surface area contributed by atoms with Crippen molar-refractivity contribution < 1.29 is 17.9 Å². The largest absolute Gasteiger partial charge is 0.378 e. The first kappa shape index (κ1) is 21.5. The minimum atomic E-state index is -3.69. The van der Waals surface area contributed by atoms with Crippen molar-refractivity contribution in [2.45, 2.75) is 23.1 Å². The second-order valence-corrected chi connectivity index (χ2v) is 11.1. The van der Waals surface area contributed by atoms with Crippen molar-refractivity contribution in [3.8, 4) is 0 Å². The Bertz CT molecular complexity index is 971. The van der Waals surface area contributed by atoms with Gasteiger partial charge in [0.25, 0.3) is 10.0 Å². The molecule has 1 aromatic carbocycles. The predicted octanol–water partition coefficient (Wildman–Crippen LogP) is 1.86. The van der Waals surface area contributed by atoms with E-state index in [1.54, 1.807) is 12.1 Å². The van der Waals surface area contributed by atoms with E-state index in [1.807, 2.05) is 35.2 Å². The number of benzene rings is 1. The van der Waals surface area contributed by atoms with Crippen LogP contribution in [0, 0.1) is 5.92 Å². The molecule has 0 unspecified atom stereocenters. The number of thiophene rings is 1. The molecule has 30 heavy (non-hydrogen) atoms. The van der Waals surface area contributed by atoms with Crippen molar-refractivity contribution >= 4 is 27.3 Å². The second-order valence-electron chi connectivity index (χ2n) is 7.72. The SMILES string of the molecule is NCc1ccc(S(=O)(=O)N2C[C@@H](C(=O)N3CCOCC3)C[C@@H](c3ccccc3)C2)s1. The van der Waals surface area contributed by atoms with E-state index in [0.717, 1.165) is 10.4 Å². The highest BCUT2D eigenvalue weighted by Gasteiger charge is 2.40. The van der Waals surface area contributed by atoms with Crippen molar-refractivity contribution in [3.63, 3.8) is 0 Å². The molecule has 0 spiro atoms. The summed E-state index contributed by atoms with van der Waals surface area (Å²) in [6.07, 6.45) is 0.644. The molecule has 0 aliphatic carbocycles. The zero-order valence-electron chi connectivity index (χ0n) is 16.8. The number of piperidine rings is 1. The maximum absolute atomic E-state index is 13.4. The van der Waals surface area contributed by atoms with Crippen LogP contribution in [0.15, 0.2) is 46.7 Å². The molecule has 2 aliphatic rings. The highest BCUT2D eigenvalue weighted by Crippen LogP contribution is 2.35. The highest BCUT2D eigenvalue weighted by atomic mass is 32.2. The second kappa shape index (κ2) is 9.15. The minimum Gasteiger partial charge on any atom is -0.378 e. The standard InChI is InChI=1S/C21H27N3O4S2/c22-13-19-6-7-20(29-19)30(26,27)24-14-17(16-4-2-1-3-5-16)12-18(15-24)21(25)23-8-10-28-11-9-23/h1-7,17-18H,8-15,22H2/t17-,18+/m1/s1. The average molecular weight is 450 g/mol. The number of rotatable bonds is 5. The molecular weight excluding hydrogens is 422 g/mol. The summed E-state index contributed by atoms with van der Waals surface area (Å²) in [6, 6.07) is 13.2. The Morgan fingerprint density at radius 1 is 1.10 bits per heavy atom. The molecular formula is C21H27N3O4S2. The lowest BCUT2D eigenvalue weighted by molar-refractivity contribution is -0.141. The number of hydrogen-bond acceptors (Lipinski definition) is 6. The van der Waals surface area contributed by atoms with Gasteiger partial charge in [-0.1, -0.05) is 30.3 Å². The first-order chi connectivity index (χ1) is 14.5. The van der Waals surface area contributed by atoms with Gasteiger partial charge in [-0.15, -0.1) is 11.3 Å². The topological polar surface area (TPSA) is 92.9 Å². The predicted molar refractivity (Wildman–Crippen MR) is 116 cm³/mol. The van der Waals surface area contributed by atoms with Gasteiger partial charge in [0.1, 0.15) is 4.21 Å². The number of morpholine rings is 1. The van der Waals surface area contributed by atoms with Gasteiger partial charge in [0.05, 0.1) is 19.1 Å². The fourth-order valence-electron chi connectivity index (χ4n) is 4.18. The maximum atomic E-state index is 13.4. The van der Waals surface area contributed by atoms with E-state index >= 15 is 0 Å². The lowest BCUT2D eigenvalue weighted by Crippen LogP contribution is -2.51. The molecule has 1 aromatic heterocycles. The van der Waals surface area contributed by atoms with Crippen LogP contribution in [0.2, 0.25) is 0 Å². The molecule has 7 nitrogen and oxygen atoms in total.